The maximum atomic E-state index is 11.4. The summed E-state index contributed by atoms with van der Waals surface area (Å²) in [5.41, 5.74) is 0.885. The van der Waals surface area contributed by atoms with Crippen molar-refractivity contribution in [1.82, 2.24) is 4.90 Å². The van der Waals surface area contributed by atoms with Gasteiger partial charge in [0.05, 0.1) is 11.7 Å². The summed E-state index contributed by atoms with van der Waals surface area (Å²) in [6.07, 6.45) is 7.39. The third kappa shape index (κ3) is 6.09. The predicted molar refractivity (Wildman–Crippen MR) is 105 cm³/mol. The monoisotopic (exact) mass is 347 g/mol. The number of aliphatic hydroxyl groups is 1. The van der Waals surface area contributed by atoms with Crippen LogP contribution < -0.4 is 0 Å². The average molecular weight is 348 g/mol. The molecule has 0 aliphatic heterocycles. The number of hydrogen-bond acceptors (Lipinski definition) is 3. The highest BCUT2D eigenvalue weighted by molar-refractivity contribution is 5.15. The minimum atomic E-state index is -0.538. The lowest BCUT2D eigenvalue weighted by molar-refractivity contribution is -0.0831. The van der Waals surface area contributed by atoms with Crippen LogP contribution in [0, 0.1) is 11.8 Å². The first kappa shape index (κ1) is 20.4. The SMILES string of the molecule is CCC(CCC1(O)CCC(Cc2ccccc2)CC1CN(C)C)OC. The Balaban J connectivity index is 2.00. The summed E-state index contributed by atoms with van der Waals surface area (Å²) >= 11 is 0. The van der Waals surface area contributed by atoms with Crippen molar-refractivity contribution >= 4 is 0 Å². The van der Waals surface area contributed by atoms with E-state index in [-0.39, 0.29) is 6.10 Å². The first-order valence-corrected chi connectivity index (χ1v) is 9.90. The zero-order valence-electron chi connectivity index (χ0n) is 16.6. The Hall–Kier alpha value is -0.900. The van der Waals surface area contributed by atoms with E-state index in [1.807, 2.05) is 0 Å². The van der Waals surface area contributed by atoms with Crippen molar-refractivity contribution < 1.29 is 9.84 Å². The molecule has 1 aromatic rings. The predicted octanol–water partition coefficient (Wildman–Crippen LogP) is 4.14. The molecular weight excluding hydrogens is 310 g/mol. The molecule has 0 radical (unpaired) electrons. The largest absolute Gasteiger partial charge is 0.390 e. The molecular formula is C22H37NO2. The molecule has 1 aliphatic rings. The maximum absolute atomic E-state index is 11.4. The molecule has 0 saturated heterocycles. The lowest BCUT2D eigenvalue weighted by Gasteiger charge is -2.45. The molecule has 1 aromatic carbocycles. The molecule has 1 fully saturated rings. The third-order valence-corrected chi connectivity index (χ3v) is 6.00. The lowest BCUT2D eigenvalue weighted by Crippen LogP contribution is -2.48. The van der Waals surface area contributed by atoms with Crippen LogP contribution in [0.4, 0.5) is 0 Å². The topological polar surface area (TPSA) is 32.7 Å². The molecule has 25 heavy (non-hydrogen) atoms. The van der Waals surface area contributed by atoms with Crippen LogP contribution in [-0.2, 0) is 11.2 Å². The van der Waals surface area contributed by atoms with Gasteiger partial charge in [-0.3, -0.25) is 0 Å². The van der Waals surface area contributed by atoms with E-state index in [0.717, 1.165) is 51.5 Å². The van der Waals surface area contributed by atoms with Gasteiger partial charge in [-0.05, 0) is 70.5 Å². The molecule has 1 saturated carbocycles. The minimum absolute atomic E-state index is 0.270. The highest BCUT2D eigenvalue weighted by Gasteiger charge is 2.42. The van der Waals surface area contributed by atoms with Gasteiger partial charge in [-0.15, -0.1) is 0 Å². The summed E-state index contributed by atoms with van der Waals surface area (Å²) in [6.45, 7) is 3.12. The average Bonchev–Trinajstić information content (AvgIpc) is 2.60. The van der Waals surface area contributed by atoms with Crippen LogP contribution in [0.25, 0.3) is 0 Å². The van der Waals surface area contributed by atoms with Gasteiger partial charge in [0, 0.05) is 19.6 Å². The maximum Gasteiger partial charge on any atom is 0.0689 e. The van der Waals surface area contributed by atoms with E-state index >= 15 is 0 Å². The summed E-state index contributed by atoms with van der Waals surface area (Å²) in [6, 6.07) is 10.8. The van der Waals surface area contributed by atoms with E-state index in [9.17, 15) is 5.11 Å². The van der Waals surface area contributed by atoms with Crippen LogP contribution in [0.2, 0.25) is 0 Å². The van der Waals surface area contributed by atoms with Gasteiger partial charge in [0.25, 0.3) is 0 Å². The quantitative estimate of drug-likeness (QED) is 0.728. The van der Waals surface area contributed by atoms with Crippen LogP contribution >= 0.6 is 0 Å². The first-order valence-electron chi connectivity index (χ1n) is 9.90. The van der Waals surface area contributed by atoms with Gasteiger partial charge in [-0.2, -0.15) is 0 Å². The van der Waals surface area contributed by atoms with Crippen molar-refractivity contribution in [2.75, 3.05) is 27.7 Å². The van der Waals surface area contributed by atoms with Crippen molar-refractivity contribution in [3.63, 3.8) is 0 Å². The number of benzene rings is 1. The minimum Gasteiger partial charge on any atom is -0.390 e. The van der Waals surface area contributed by atoms with Crippen LogP contribution in [0.1, 0.15) is 51.0 Å². The number of ether oxygens (including phenoxy) is 1. The van der Waals surface area contributed by atoms with Crippen molar-refractivity contribution in [3.8, 4) is 0 Å². The van der Waals surface area contributed by atoms with E-state index in [1.54, 1.807) is 7.11 Å². The van der Waals surface area contributed by atoms with Gasteiger partial charge in [0.2, 0.25) is 0 Å². The van der Waals surface area contributed by atoms with E-state index in [1.165, 1.54) is 5.56 Å². The Bertz CT molecular complexity index is 486. The summed E-state index contributed by atoms with van der Waals surface area (Å²) in [5, 5.41) is 11.4. The summed E-state index contributed by atoms with van der Waals surface area (Å²) in [5.74, 6) is 1.02. The van der Waals surface area contributed by atoms with Gasteiger partial charge in [-0.1, -0.05) is 37.3 Å². The van der Waals surface area contributed by atoms with Crippen molar-refractivity contribution in [2.24, 2.45) is 11.8 Å². The Morgan fingerprint density at radius 1 is 1.28 bits per heavy atom. The van der Waals surface area contributed by atoms with Gasteiger partial charge in [-0.25, -0.2) is 0 Å². The molecule has 0 amide bonds. The smallest absolute Gasteiger partial charge is 0.0689 e. The van der Waals surface area contributed by atoms with Gasteiger partial charge in [0.1, 0.15) is 0 Å². The highest BCUT2D eigenvalue weighted by Crippen LogP contribution is 2.41. The molecule has 2 rings (SSSR count). The molecule has 0 spiro atoms. The number of methoxy groups -OCH3 is 1. The second kappa shape index (κ2) is 9.70. The first-order chi connectivity index (χ1) is 12.0. The van der Waals surface area contributed by atoms with Crippen molar-refractivity contribution in [2.45, 2.75) is 63.6 Å². The molecule has 142 valence electrons. The fraction of sp³-hybridized carbons (Fsp3) is 0.727. The normalized spacial score (nSPS) is 28.2. The molecule has 0 heterocycles. The Morgan fingerprint density at radius 2 is 2.00 bits per heavy atom. The molecule has 1 N–H and O–H groups in total. The van der Waals surface area contributed by atoms with E-state index in [0.29, 0.717) is 11.8 Å². The zero-order valence-corrected chi connectivity index (χ0v) is 16.6. The Morgan fingerprint density at radius 3 is 2.60 bits per heavy atom. The van der Waals surface area contributed by atoms with Crippen molar-refractivity contribution in [3.05, 3.63) is 35.9 Å². The number of nitrogens with zero attached hydrogens (tertiary/aromatic N) is 1. The molecule has 0 bridgehead atoms. The van der Waals surface area contributed by atoms with E-state index in [2.05, 4.69) is 56.3 Å². The molecule has 4 atom stereocenters. The standard InChI is InChI=1S/C22H37NO2/c1-5-21(25-4)12-14-22(24)13-11-19(16-20(22)17-23(2)3)15-18-9-7-6-8-10-18/h6-10,19-21,24H,5,11-17H2,1-4H3. The summed E-state index contributed by atoms with van der Waals surface area (Å²) in [7, 11) is 6.02. The fourth-order valence-electron chi connectivity index (χ4n) is 4.44. The van der Waals surface area contributed by atoms with E-state index < -0.39 is 5.60 Å². The number of hydrogen-bond donors (Lipinski definition) is 1. The van der Waals surface area contributed by atoms with Gasteiger partial charge >= 0.3 is 0 Å². The molecule has 3 nitrogen and oxygen atoms in total. The van der Waals surface area contributed by atoms with Crippen molar-refractivity contribution in [1.29, 1.82) is 0 Å². The molecule has 4 unspecified atom stereocenters. The lowest BCUT2D eigenvalue weighted by atomic mass is 9.67. The summed E-state index contributed by atoms with van der Waals surface area (Å²) < 4.78 is 5.53. The molecule has 1 aliphatic carbocycles. The third-order valence-electron chi connectivity index (χ3n) is 6.00. The van der Waals surface area contributed by atoms with Gasteiger partial charge < -0.3 is 14.7 Å². The Kier molecular flexibility index (Phi) is 7.92. The summed E-state index contributed by atoms with van der Waals surface area (Å²) in [4.78, 5) is 2.23. The Labute approximate surface area is 154 Å². The van der Waals surface area contributed by atoms with Crippen LogP contribution in [-0.4, -0.2) is 49.5 Å². The zero-order chi connectivity index (χ0) is 18.3. The van der Waals surface area contributed by atoms with Crippen LogP contribution in [0.5, 0.6) is 0 Å². The molecule has 0 aromatic heterocycles. The van der Waals surface area contributed by atoms with Crippen LogP contribution in [0.15, 0.2) is 30.3 Å². The second-order valence-electron chi connectivity index (χ2n) is 8.20. The van der Waals surface area contributed by atoms with Crippen LogP contribution in [0.3, 0.4) is 0 Å². The molecule has 3 heteroatoms. The van der Waals surface area contributed by atoms with Gasteiger partial charge in [0.15, 0.2) is 0 Å². The second-order valence-corrected chi connectivity index (χ2v) is 8.20. The highest BCUT2D eigenvalue weighted by atomic mass is 16.5. The fourth-order valence-corrected chi connectivity index (χ4v) is 4.44. The number of rotatable bonds is 9. The van der Waals surface area contributed by atoms with E-state index in [4.69, 9.17) is 4.74 Å².